The Morgan fingerprint density at radius 1 is 1.06 bits per heavy atom. The van der Waals surface area contributed by atoms with Crippen molar-refractivity contribution in [1.82, 2.24) is 0 Å². The van der Waals surface area contributed by atoms with Crippen LogP contribution >= 0.6 is 0 Å². The molecule has 0 heterocycles. The van der Waals surface area contributed by atoms with E-state index in [1.807, 2.05) is 0 Å². The van der Waals surface area contributed by atoms with Crippen LogP contribution in [0.4, 0.5) is 0 Å². The number of ether oxygens (including phenoxy) is 2. The highest BCUT2D eigenvalue weighted by Crippen LogP contribution is 2.30. The molecule has 1 aliphatic carbocycles. The van der Waals surface area contributed by atoms with Gasteiger partial charge in [-0.2, -0.15) is 0 Å². The van der Waals surface area contributed by atoms with E-state index in [0.717, 1.165) is 25.0 Å². The van der Waals surface area contributed by atoms with E-state index in [1.54, 1.807) is 0 Å². The predicted molar refractivity (Wildman–Crippen MR) is 67.5 cm³/mol. The molecule has 99 valence electrons. The zero-order chi connectivity index (χ0) is 13.5. The van der Waals surface area contributed by atoms with Gasteiger partial charge in [0.25, 0.3) is 0 Å². The van der Waals surface area contributed by atoms with E-state index < -0.39 is 24.1 Å². The molecule has 0 spiro atoms. The zero-order valence-corrected chi connectivity index (χ0v) is 10.5. The molecular weight excluding hydrogens is 232 g/mol. The summed E-state index contributed by atoms with van der Waals surface area (Å²) in [5.41, 5.74) is 0. The van der Waals surface area contributed by atoms with Crippen LogP contribution < -0.4 is 0 Å². The molecule has 1 aliphatic rings. The van der Waals surface area contributed by atoms with Crippen molar-refractivity contribution in [3.8, 4) is 0 Å². The fourth-order valence-electron chi connectivity index (χ4n) is 2.10. The minimum Gasteiger partial charge on any atom is -0.455 e. The van der Waals surface area contributed by atoms with Crippen LogP contribution in [0.3, 0.4) is 0 Å². The first-order chi connectivity index (χ1) is 8.60. The van der Waals surface area contributed by atoms with E-state index in [2.05, 4.69) is 20.1 Å². The van der Waals surface area contributed by atoms with Crippen LogP contribution in [0.1, 0.15) is 25.7 Å². The van der Waals surface area contributed by atoms with Crippen LogP contribution in [-0.4, -0.2) is 24.1 Å². The zero-order valence-electron chi connectivity index (χ0n) is 10.5. The Balaban J connectivity index is 2.66. The maximum absolute atomic E-state index is 11.3. The minimum atomic E-state index is -0.496. The summed E-state index contributed by atoms with van der Waals surface area (Å²) in [6.07, 6.45) is 4.44. The highest BCUT2D eigenvalue weighted by atomic mass is 16.6. The van der Waals surface area contributed by atoms with Gasteiger partial charge in [0.15, 0.2) is 0 Å². The monoisotopic (exact) mass is 251 g/mol. The Bertz CT molecular complexity index is 335. The van der Waals surface area contributed by atoms with Gasteiger partial charge < -0.3 is 9.47 Å². The minimum absolute atomic E-state index is 0.395. The number of hydrogen-bond donors (Lipinski definition) is 0. The molecule has 1 rings (SSSR count). The Labute approximate surface area is 108 Å². The van der Waals surface area contributed by atoms with Crippen LogP contribution in [0.5, 0.6) is 0 Å². The average molecular weight is 251 g/mol. The lowest BCUT2D eigenvalue weighted by molar-refractivity contribution is -0.167. The van der Waals surface area contributed by atoms with Gasteiger partial charge in [-0.1, -0.05) is 26.5 Å². The fourth-order valence-corrected chi connectivity index (χ4v) is 2.10. The first-order valence-electron chi connectivity index (χ1n) is 6.06. The molecule has 0 aliphatic heterocycles. The number of hydrogen-bond acceptors (Lipinski definition) is 4. The largest absolute Gasteiger partial charge is 0.455 e. The number of carbonyl (C=O) groups excluding carboxylic acids is 2. The molecule has 0 aromatic carbocycles. The molecule has 1 saturated carbocycles. The van der Waals surface area contributed by atoms with E-state index in [1.165, 1.54) is 0 Å². The van der Waals surface area contributed by atoms with E-state index in [4.69, 9.17) is 9.47 Å². The summed E-state index contributed by atoms with van der Waals surface area (Å²) in [6, 6.07) is 0. The molecule has 0 bridgehead atoms. The summed E-state index contributed by atoms with van der Waals surface area (Å²) in [7, 11) is 0. The molecular formula is C14H19O4. The topological polar surface area (TPSA) is 52.6 Å². The first kappa shape index (κ1) is 14.5. The molecule has 1 radical (unpaired) electrons. The van der Waals surface area contributed by atoms with Crippen molar-refractivity contribution < 1.29 is 19.1 Å². The highest BCUT2D eigenvalue weighted by Gasteiger charge is 2.34. The Morgan fingerprint density at radius 3 is 2.11 bits per heavy atom. The molecule has 0 saturated heterocycles. The first-order valence-corrected chi connectivity index (χ1v) is 6.06. The molecule has 1 fully saturated rings. The van der Waals surface area contributed by atoms with Gasteiger partial charge in [0.2, 0.25) is 0 Å². The maximum atomic E-state index is 11.3. The van der Waals surface area contributed by atoms with Crippen molar-refractivity contribution in [2.24, 2.45) is 5.92 Å². The molecule has 4 heteroatoms. The fraction of sp³-hybridized carbons (Fsp3) is 0.500. The van der Waals surface area contributed by atoms with Gasteiger partial charge in [-0.15, -0.1) is 0 Å². The van der Waals surface area contributed by atoms with Crippen molar-refractivity contribution in [3.63, 3.8) is 0 Å². The molecule has 3 atom stereocenters. The summed E-state index contributed by atoms with van der Waals surface area (Å²) >= 11 is 0. The van der Waals surface area contributed by atoms with Crippen LogP contribution in [0.15, 0.2) is 25.3 Å². The van der Waals surface area contributed by atoms with Crippen molar-refractivity contribution >= 4 is 11.9 Å². The summed E-state index contributed by atoms with van der Waals surface area (Å²) in [6.45, 7) is 10.6. The van der Waals surface area contributed by atoms with E-state index in [9.17, 15) is 9.59 Å². The van der Waals surface area contributed by atoms with E-state index >= 15 is 0 Å². The summed E-state index contributed by atoms with van der Waals surface area (Å²) < 4.78 is 10.4. The second kappa shape index (κ2) is 6.99. The van der Waals surface area contributed by atoms with Gasteiger partial charge in [0, 0.05) is 12.2 Å². The molecule has 0 N–H and O–H groups in total. The Hall–Kier alpha value is -1.58. The van der Waals surface area contributed by atoms with E-state index in [0.29, 0.717) is 18.8 Å². The lowest BCUT2D eigenvalue weighted by Crippen LogP contribution is -2.40. The maximum Gasteiger partial charge on any atom is 0.330 e. The third-order valence-corrected chi connectivity index (χ3v) is 3.12. The lowest BCUT2D eigenvalue weighted by Gasteiger charge is -2.34. The summed E-state index contributed by atoms with van der Waals surface area (Å²) in [5.74, 6) is -0.594. The van der Waals surface area contributed by atoms with Crippen LogP contribution in [-0.2, 0) is 19.1 Å². The third kappa shape index (κ3) is 4.02. The van der Waals surface area contributed by atoms with Crippen molar-refractivity contribution in [2.75, 3.05) is 0 Å². The third-order valence-electron chi connectivity index (χ3n) is 3.12. The van der Waals surface area contributed by atoms with Gasteiger partial charge in [0.1, 0.15) is 12.2 Å². The summed E-state index contributed by atoms with van der Waals surface area (Å²) in [4.78, 5) is 22.5. The molecule has 18 heavy (non-hydrogen) atoms. The second-order valence-electron chi connectivity index (χ2n) is 4.33. The van der Waals surface area contributed by atoms with Crippen LogP contribution in [0, 0.1) is 12.8 Å². The molecule has 0 aromatic heterocycles. The Morgan fingerprint density at radius 2 is 1.61 bits per heavy atom. The van der Waals surface area contributed by atoms with Crippen LogP contribution in [0.25, 0.3) is 0 Å². The van der Waals surface area contributed by atoms with Crippen LogP contribution in [0.2, 0.25) is 0 Å². The van der Waals surface area contributed by atoms with Gasteiger partial charge in [-0.25, -0.2) is 9.59 Å². The number of carbonyl (C=O) groups is 2. The average Bonchev–Trinajstić information content (AvgIpc) is 2.40. The van der Waals surface area contributed by atoms with E-state index in [-0.39, 0.29) is 0 Å². The van der Waals surface area contributed by atoms with Gasteiger partial charge >= 0.3 is 11.9 Å². The predicted octanol–water partition coefficient (Wildman–Crippen LogP) is 2.21. The quantitative estimate of drug-likeness (QED) is 0.555. The molecule has 0 aromatic rings. The highest BCUT2D eigenvalue weighted by molar-refractivity contribution is 5.82. The molecule has 3 unspecified atom stereocenters. The Kier molecular flexibility index (Phi) is 5.62. The normalized spacial score (nSPS) is 27.1. The molecule has 0 amide bonds. The van der Waals surface area contributed by atoms with Crippen molar-refractivity contribution in [2.45, 2.75) is 37.9 Å². The van der Waals surface area contributed by atoms with Gasteiger partial charge in [-0.3, -0.25) is 0 Å². The molecule has 4 nitrogen and oxygen atoms in total. The van der Waals surface area contributed by atoms with Gasteiger partial charge in [-0.05, 0) is 25.2 Å². The van der Waals surface area contributed by atoms with Gasteiger partial charge in [0.05, 0.1) is 0 Å². The smallest absolute Gasteiger partial charge is 0.330 e. The lowest BCUT2D eigenvalue weighted by atomic mass is 9.83. The standard InChI is InChI=1S/C14H19O4/c1-4-10-7-8-11(17-13(15)5-2)12(9-10)18-14(16)6-3/h5-6,10-12H,1-4,7-9H2. The SMILES string of the molecule is [CH2]CC1CCC(OC(=O)C=C)C(OC(=O)C=C)C1. The second-order valence-corrected chi connectivity index (χ2v) is 4.33. The van der Waals surface area contributed by atoms with Crippen molar-refractivity contribution in [3.05, 3.63) is 32.2 Å². The van der Waals surface area contributed by atoms with Crippen molar-refractivity contribution in [1.29, 1.82) is 0 Å². The number of esters is 2. The number of rotatable bonds is 5. The summed E-state index contributed by atoms with van der Waals surface area (Å²) in [5, 5.41) is 0.